The number of aliphatic imine (C=N–C) groups is 1. The lowest BCUT2D eigenvalue weighted by atomic mass is 10.2. The third kappa shape index (κ3) is 3.72. The van der Waals surface area contributed by atoms with Gasteiger partial charge in [-0.1, -0.05) is 0 Å². The molecule has 0 aliphatic carbocycles. The molecular weight excluding hydrogens is 158 g/mol. The van der Waals surface area contributed by atoms with Crippen molar-refractivity contribution in [2.75, 3.05) is 7.05 Å². The molecule has 0 amide bonds. The number of nitrogens with two attached hydrogens (primary N) is 1. The predicted molar refractivity (Wildman–Crippen MR) is 46.9 cm³/mol. The van der Waals surface area contributed by atoms with E-state index in [1.807, 2.05) is 0 Å². The first-order valence-corrected chi connectivity index (χ1v) is 3.43. The molecule has 0 aliphatic heterocycles. The van der Waals surface area contributed by atoms with Crippen molar-refractivity contribution >= 4 is 12.7 Å². The Morgan fingerprint density at radius 2 is 2.50 bits per heavy atom. The number of aliphatic carboxylic acids is 1. The van der Waals surface area contributed by atoms with Gasteiger partial charge >= 0.3 is 5.97 Å². The SMILES string of the molecule is C=N/C(=C\NC)CC(N)C(=O)O. The van der Waals surface area contributed by atoms with E-state index in [0.29, 0.717) is 5.70 Å². The van der Waals surface area contributed by atoms with Crippen LogP contribution in [0.2, 0.25) is 0 Å². The summed E-state index contributed by atoms with van der Waals surface area (Å²) in [5.74, 6) is -1.04. The van der Waals surface area contributed by atoms with Gasteiger partial charge in [0.2, 0.25) is 0 Å². The first kappa shape index (κ1) is 10.6. The second-order valence-corrected chi connectivity index (χ2v) is 2.23. The molecule has 1 atom stereocenters. The third-order valence-electron chi connectivity index (χ3n) is 1.26. The summed E-state index contributed by atoms with van der Waals surface area (Å²) in [4.78, 5) is 13.9. The van der Waals surface area contributed by atoms with Crippen molar-refractivity contribution in [2.45, 2.75) is 12.5 Å². The summed E-state index contributed by atoms with van der Waals surface area (Å²) in [5, 5.41) is 11.2. The van der Waals surface area contributed by atoms with Crippen LogP contribution in [0.25, 0.3) is 0 Å². The van der Waals surface area contributed by atoms with Crippen LogP contribution in [0, 0.1) is 0 Å². The van der Waals surface area contributed by atoms with Gasteiger partial charge in [-0.05, 0) is 6.72 Å². The minimum Gasteiger partial charge on any atom is -0.480 e. The molecule has 0 heterocycles. The number of nitrogens with zero attached hydrogens (tertiary/aromatic N) is 1. The lowest BCUT2D eigenvalue weighted by Gasteiger charge is -2.05. The summed E-state index contributed by atoms with van der Waals surface area (Å²) in [5.41, 5.74) is 5.80. The van der Waals surface area contributed by atoms with Gasteiger partial charge in [-0.3, -0.25) is 9.79 Å². The molecule has 1 unspecified atom stereocenters. The van der Waals surface area contributed by atoms with Crippen molar-refractivity contribution in [3.63, 3.8) is 0 Å². The summed E-state index contributed by atoms with van der Waals surface area (Å²) in [7, 11) is 1.69. The van der Waals surface area contributed by atoms with E-state index in [4.69, 9.17) is 10.8 Å². The van der Waals surface area contributed by atoms with E-state index in [1.54, 1.807) is 13.2 Å². The molecule has 68 valence electrons. The Hall–Kier alpha value is -1.36. The van der Waals surface area contributed by atoms with Crippen LogP contribution in [0.15, 0.2) is 16.9 Å². The summed E-state index contributed by atoms with van der Waals surface area (Å²) >= 11 is 0. The smallest absolute Gasteiger partial charge is 0.320 e. The molecule has 0 radical (unpaired) electrons. The fourth-order valence-corrected chi connectivity index (χ4v) is 0.648. The van der Waals surface area contributed by atoms with Gasteiger partial charge in [0.15, 0.2) is 0 Å². The maximum atomic E-state index is 10.3. The quantitative estimate of drug-likeness (QED) is 0.489. The minimum absolute atomic E-state index is 0.180. The molecule has 5 heteroatoms. The summed E-state index contributed by atoms with van der Waals surface area (Å²) in [6.07, 6.45) is 1.75. The normalized spacial score (nSPS) is 13.7. The number of carbonyl (C=O) groups is 1. The van der Waals surface area contributed by atoms with Gasteiger partial charge < -0.3 is 16.2 Å². The molecule has 0 aliphatic rings. The van der Waals surface area contributed by atoms with E-state index in [2.05, 4.69) is 17.0 Å². The molecule has 0 saturated carbocycles. The molecule has 4 N–H and O–H groups in total. The highest BCUT2D eigenvalue weighted by atomic mass is 16.4. The lowest BCUT2D eigenvalue weighted by molar-refractivity contribution is -0.138. The Kier molecular flexibility index (Phi) is 4.71. The molecule has 0 aromatic rings. The van der Waals surface area contributed by atoms with Crippen molar-refractivity contribution in [3.05, 3.63) is 11.9 Å². The Morgan fingerprint density at radius 3 is 2.83 bits per heavy atom. The first-order chi connectivity index (χ1) is 5.61. The van der Waals surface area contributed by atoms with Gasteiger partial charge in [0.25, 0.3) is 0 Å². The van der Waals surface area contributed by atoms with Crippen LogP contribution in [0.5, 0.6) is 0 Å². The molecule has 0 bridgehead atoms. The van der Waals surface area contributed by atoms with Crippen molar-refractivity contribution < 1.29 is 9.90 Å². The van der Waals surface area contributed by atoms with Crippen LogP contribution in [-0.4, -0.2) is 30.9 Å². The van der Waals surface area contributed by atoms with Crippen molar-refractivity contribution in [3.8, 4) is 0 Å². The second kappa shape index (κ2) is 5.31. The Bertz CT molecular complexity index is 201. The molecule has 12 heavy (non-hydrogen) atoms. The zero-order chi connectivity index (χ0) is 9.56. The summed E-state index contributed by atoms with van der Waals surface area (Å²) in [6.45, 7) is 3.29. The maximum absolute atomic E-state index is 10.3. The highest BCUT2D eigenvalue weighted by molar-refractivity contribution is 5.73. The van der Waals surface area contributed by atoms with Gasteiger partial charge in [0, 0.05) is 19.7 Å². The van der Waals surface area contributed by atoms with Gasteiger partial charge in [0.05, 0.1) is 5.70 Å². The van der Waals surface area contributed by atoms with Crippen LogP contribution in [0.1, 0.15) is 6.42 Å². The standard InChI is InChI=1S/C7H13N3O2/c1-9-4-5(10-2)3-6(8)7(11)12/h4,6,9H,2-3,8H2,1H3,(H,11,12)/b5-4-. The number of carboxylic acid groups (broad SMARTS) is 1. The van der Waals surface area contributed by atoms with Gasteiger partial charge in [0.1, 0.15) is 6.04 Å². The minimum atomic E-state index is -1.04. The van der Waals surface area contributed by atoms with Crippen LogP contribution < -0.4 is 11.1 Å². The van der Waals surface area contributed by atoms with Crippen molar-refractivity contribution in [1.82, 2.24) is 5.32 Å². The van der Waals surface area contributed by atoms with E-state index in [0.717, 1.165) is 0 Å². The van der Waals surface area contributed by atoms with E-state index >= 15 is 0 Å². The van der Waals surface area contributed by atoms with Gasteiger partial charge in [-0.15, -0.1) is 0 Å². The maximum Gasteiger partial charge on any atom is 0.320 e. The van der Waals surface area contributed by atoms with Crippen molar-refractivity contribution in [1.29, 1.82) is 0 Å². The van der Waals surface area contributed by atoms with E-state index in [1.165, 1.54) is 0 Å². The zero-order valence-electron chi connectivity index (χ0n) is 6.95. The van der Waals surface area contributed by atoms with Gasteiger partial charge in [-0.2, -0.15) is 0 Å². The number of hydrogen-bond donors (Lipinski definition) is 3. The average Bonchev–Trinajstić information content (AvgIpc) is 2.03. The largest absolute Gasteiger partial charge is 0.480 e. The van der Waals surface area contributed by atoms with Crippen LogP contribution in [-0.2, 0) is 4.79 Å². The average molecular weight is 171 g/mol. The van der Waals surface area contributed by atoms with Crippen LogP contribution in [0.4, 0.5) is 0 Å². The number of nitrogens with one attached hydrogen (secondary N) is 1. The fourth-order valence-electron chi connectivity index (χ4n) is 0.648. The molecule has 5 nitrogen and oxygen atoms in total. The zero-order valence-corrected chi connectivity index (χ0v) is 6.95. The molecule has 0 aromatic carbocycles. The number of rotatable bonds is 5. The van der Waals surface area contributed by atoms with E-state index < -0.39 is 12.0 Å². The fraction of sp³-hybridized carbons (Fsp3) is 0.429. The van der Waals surface area contributed by atoms with Crippen LogP contribution >= 0.6 is 0 Å². The topological polar surface area (TPSA) is 87.7 Å². The Labute approximate surface area is 71.0 Å². The molecule has 0 aromatic heterocycles. The predicted octanol–water partition coefficient (Wildman–Crippen LogP) is -0.450. The van der Waals surface area contributed by atoms with E-state index in [9.17, 15) is 4.79 Å². The highest BCUT2D eigenvalue weighted by Crippen LogP contribution is 2.03. The molecular formula is C7H13N3O2. The molecule has 0 fully saturated rings. The number of hydrogen-bond acceptors (Lipinski definition) is 4. The first-order valence-electron chi connectivity index (χ1n) is 3.43. The Morgan fingerprint density at radius 1 is 1.92 bits per heavy atom. The summed E-state index contributed by atoms with van der Waals surface area (Å²) in [6, 6.07) is -0.921. The number of carboxylic acids is 1. The van der Waals surface area contributed by atoms with E-state index in [-0.39, 0.29) is 6.42 Å². The molecule has 0 spiro atoms. The Balaban J connectivity index is 4.11. The third-order valence-corrected chi connectivity index (χ3v) is 1.26. The summed E-state index contributed by atoms with van der Waals surface area (Å²) < 4.78 is 0. The lowest BCUT2D eigenvalue weighted by Crippen LogP contribution is -2.30. The van der Waals surface area contributed by atoms with Gasteiger partial charge in [-0.25, -0.2) is 0 Å². The molecule has 0 saturated heterocycles. The monoisotopic (exact) mass is 171 g/mol. The highest BCUT2D eigenvalue weighted by Gasteiger charge is 2.12. The molecule has 0 rings (SSSR count). The second-order valence-electron chi connectivity index (χ2n) is 2.23. The van der Waals surface area contributed by atoms with Crippen LogP contribution in [0.3, 0.4) is 0 Å². The van der Waals surface area contributed by atoms with Crippen molar-refractivity contribution in [2.24, 2.45) is 10.7 Å².